The molecule has 7 heteroatoms. The average Bonchev–Trinajstić information content (AvgIpc) is 2.15. The van der Waals surface area contributed by atoms with Gasteiger partial charge in [-0.05, 0) is 0 Å². The molecule has 14 heavy (non-hydrogen) atoms. The van der Waals surface area contributed by atoms with E-state index in [2.05, 4.69) is 9.71 Å². The Labute approximate surface area is 81.2 Å². The molecule has 1 aromatic heterocycles. The van der Waals surface area contributed by atoms with Crippen LogP contribution in [0.5, 0.6) is 0 Å². The highest BCUT2D eigenvalue weighted by Crippen LogP contribution is 1.98. The van der Waals surface area contributed by atoms with E-state index in [1.807, 2.05) is 0 Å². The lowest BCUT2D eigenvalue weighted by atomic mass is 10.5. The van der Waals surface area contributed by atoms with E-state index in [0.29, 0.717) is 0 Å². The van der Waals surface area contributed by atoms with Crippen LogP contribution in [0, 0.1) is 0 Å². The maximum atomic E-state index is 11.4. The van der Waals surface area contributed by atoms with Crippen LogP contribution in [-0.2, 0) is 10.0 Å². The van der Waals surface area contributed by atoms with Crippen LogP contribution < -0.4 is 15.9 Å². The molecule has 0 saturated heterocycles. The Hall–Kier alpha value is -1.18. The molecular weight excluding hydrogens is 206 g/mol. The van der Waals surface area contributed by atoms with Crippen molar-refractivity contribution in [3.63, 3.8) is 0 Å². The minimum Gasteiger partial charge on any atom is -0.366 e. The van der Waals surface area contributed by atoms with Gasteiger partial charge >= 0.3 is 0 Å². The number of nitrogens with one attached hydrogen (secondary N) is 2. The summed E-state index contributed by atoms with van der Waals surface area (Å²) in [4.78, 5) is 13.4. The van der Waals surface area contributed by atoms with Crippen LogP contribution in [0.25, 0.3) is 0 Å². The second-order valence-corrected chi connectivity index (χ2v) is 4.29. The van der Waals surface area contributed by atoms with Gasteiger partial charge < -0.3 is 10.7 Å². The Bertz CT molecular complexity index is 451. The van der Waals surface area contributed by atoms with Crippen molar-refractivity contribution in [2.24, 2.45) is 5.73 Å². The first-order valence-corrected chi connectivity index (χ1v) is 5.43. The van der Waals surface area contributed by atoms with Gasteiger partial charge in [-0.3, -0.25) is 4.79 Å². The Morgan fingerprint density at radius 3 is 2.79 bits per heavy atom. The summed E-state index contributed by atoms with van der Waals surface area (Å²) in [5.74, 6) is 0. The highest BCUT2D eigenvalue weighted by atomic mass is 32.2. The van der Waals surface area contributed by atoms with Crippen LogP contribution in [0.4, 0.5) is 0 Å². The lowest BCUT2D eigenvalue weighted by molar-refractivity contribution is 0.581. The zero-order valence-corrected chi connectivity index (χ0v) is 8.17. The zero-order chi connectivity index (χ0) is 10.6. The van der Waals surface area contributed by atoms with Crippen LogP contribution in [0.2, 0.25) is 0 Å². The summed E-state index contributed by atoms with van der Waals surface area (Å²) in [6, 6.07) is 1.15. The molecule has 0 aliphatic rings. The quantitative estimate of drug-likeness (QED) is 0.577. The van der Waals surface area contributed by atoms with E-state index in [4.69, 9.17) is 5.73 Å². The predicted octanol–water partition coefficient (Wildman–Crippen LogP) is -1.39. The minimum atomic E-state index is -3.73. The molecule has 0 amide bonds. The van der Waals surface area contributed by atoms with E-state index in [-0.39, 0.29) is 18.0 Å². The van der Waals surface area contributed by atoms with Gasteiger partial charge in [0.2, 0.25) is 15.5 Å². The van der Waals surface area contributed by atoms with Gasteiger partial charge in [0.1, 0.15) is 4.90 Å². The summed E-state index contributed by atoms with van der Waals surface area (Å²) in [7, 11) is -3.73. The van der Waals surface area contributed by atoms with Crippen molar-refractivity contribution in [2.75, 3.05) is 13.1 Å². The first-order chi connectivity index (χ1) is 6.58. The van der Waals surface area contributed by atoms with Gasteiger partial charge in [0.25, 0.3) is 0 Å². The van der Waals surface area contributed by atoms with E-state index in [1.165, 1.54) is 6.20 Å². The second-order valence-electron chi connectivity index (χ2n) is 2.56. The molecule has 1 heterocycles. The van der Waals surface area contributed by atoms with Gasteiger partial charge in [0.15, 0.2) is 0 Å². The van der Waals surface area contributed by atoms with Crippen LogP contribution in [0.3, 0.4) is 0 Å². The number of aromatic nitrogens is 1. The van der Waals surface area contributed by atoms with Gasteiger partial charge in [-0.25, -0.2) is 13.1 Å². The van der Waals surface area contributed by atoms with E-state index in [1.54, 1.807) is 0 Å². The molecule has 1 aromatic rings. The lowest BCUT2D eigenvalue weighted by Gasteiger charge is -2.03. The van der Waals surface area contributed by atoms with Gasteiger partial charge in [-0.15, -0.1) is 0 Å². The maximum absolute atomic E-state index is 11.4. The molecule has 0 bridgehead atoms. The fourth-order valence-corrected chi connectivity index (χ4v) is 1.98. The van der Waals surface area contributed by atoms with E-state index >= 15 is 0 Å². The summed E-state index contributed by atoms with van der Waals surface area (Å²) < 4.78 is 25.0. The summed E-state index contributed by atoms with van der Waals surface area (Å²) >= 11 is 0. The number of rotatable bonds is 4. The Balaban J connectivity index is 3.05. The molecule has 0 fully saturated rings. The topological polar surface area (TPSA) is 105 Å². The summed E-state index contributed by atoms with van der Waals surface area (Å²) in [6.45, 7) is 0.292. The summed E-state index contributed by atoms with van der Waals surface area (Å²) in [6.07, 6.45) is 2.51. The third kappa shape index (κ3) is 2.41. The maximum Gasteiger partial charge on any atom is 0.245 e. The molecule has 0 spiro atoms. The molecule has 1 rings (SSSR count). The molecule has 4 N–H and O–H groups in total. The molecule has 0 aliphatic heterocycles. The zero-order valence-electron chi connectivity index (χ0n) is 7.36. The van der Waals surface area contributed by atoms with Crippen molar-refractivity contribution in [2.45, 2.75) is 4.90 Å². The van der Waals surface area contributed by atoms with E-state index in [9.17, 15) is 13.2 Å². The second kappa shape index (κ2) is 4.36. The highest BCUT2D eigenvalue weighted by molar-refractivity contribution is 7.89. The van der Waals surface area contributed by atoms with Crippen molar-refractivity contribution in [1.82, 2.24) is 9.71 Å². The number of aromatic amines is 1. The fraction of sp³-hybridized carbons (Fsp3) is 0.286. The molecule has 78 valence electrons. The van der Waals surface area contributed by atoms with Crippen LogP contribution in [0.1, 0.15) is 0 Å². The number of hydrogen-bond acceptors (Lipinski definition) is 4. The predicted molar refractivity (Wildman–Crippen MR) is 51.3 cm³/mol. The monoisotopic (exact) mass is 217 g/mol. The van der Waals surface area contributed by atoms with Crippen molar-refractivity contribution >= 4 is 10.0 Å². The third-order valence-corrected chi connectivity index (χ3v) is 3.00. The fourth-order valence-electron chi connectivity index (χ4n) is 0.882. The van der Waals surface area contributed by atoms with Gasteiger partial charge in [0.05, 0.1) is 0 Å². The average molecular weight is 217 g/mol. The van der Waals surface area contributed by atoms with Gasteiger partial charge in [0, 0.05) is 31.5 Å². The molecule has 0 atom stereocenters. The SMILES string of the molecule is NCCNS(=O)(=O)c1c[nH]ccc1=O. The standard InChI is InChI=1S/C7H11N3O3S/c8-2-4-10-14(12,13)7-5-9-3-1-6(7)11/h1,3,5,10H,2,4,8H2,(H,9,11). The van der Waals surface area contributed by atoms with Crippen molar-refractivity contribution in [3.8, 4) is 0 Å². The highest BCUT2D eigenvalue weighted by Gasteiger charge is 2.15. The molecule has 6 nitrogen and oxygen atoms in total. The number of nitrogens with two attached hydrogens (primary N) is 1. The number of pyridine rings is 1. The van der Waals surface area contributed by atoms with Crippen LogP contribution >= 0.6 is 0 Å². The lowest BCUT2D eigenvalue weighted by Crippen LogP contribution is -2.32. The van der Waals surface area contributed by atoms with Crippen molar-refractivity contribution in [1.29, 1.82) is 0 Å². The van der Waals surface area contributed by atoms with Crippen LogP contribution in [-0.4, -0.2) is 26.5 Å². The van der Waals surface area contributed by atoms with Crippen LogP contribution in [0.15, 0.2) is 28.2 Å². The smallest absolute Gasteiger partial charge is 0.245 e. The first kappa shape index (κ1) is 10.9. The van der Waals surface area contributed by atoms with Crippen molar-refractivity contribution in [3.05, 3.63) is 28.7 Å². The molecule has 0 unspecified atom stereocenters. The summed E-state index contributed by atoms with van der Waals surface area (Å²) in [5.41, 5.74) is 4.59. The minimum absolute atomic E-state index is 0.108. The Kier molecular flexibility index (Phi) is 3.39. The molecular formula is C7H11N3O3S. The molecule has 0 aliphatic carbocycles. The summed E-state index contributed by atoms with van der Waals surface area (Å²) in [5, 5.41) is 0. The van der Waals surface area contributed by atoms with Gasteiger partial charge in [-0.1, -0.05) is 0 Å². The molecule has 0 saturated carbocycles. The third-order valence-electron chi connectivity index (χ3n) is 1.51. The van der Waals surface area contributed by atoms with E-state index < -0.39 is 15.5 Å². The number of H-pyrrole nitrogens is 1. The number of sulfonamides is 1. The van der Waals surface area contributed by atoms with Crippen molar-refractivity contribution < 1.29 is 8.42 Å². The normalized spacial score (nSPS) is 11.5. The Morgan fingerprint density at radius 2 is 2.21 bits per heavy atom. The first-order valence-electron chi connectivity index (χ1n) is 3.95. The largest absolute Gasteiger partial charge is 0.366 e. The molecule has 0 aromatic carbocycles. The number of hydrogen-bond donors (Lipinski definition) is 3. The van der Waals surface area contributed by atoms with Gasteiger partial charge in [-0.2, -0.15) is 0 Å². The Morgan fingerprint density at radius 1 is 1.50 bits per heavy atom. The van der Waals surface area contributed by atoms with E-state index in [0.717, 1.165) is 12.3 Å². The molecule has 0 radical (unpaired) electrons.